The molecule has 0 aliphatic heterocycles. The Bertz CT molecular complexity index is 723. The fourth-order valence-electron chi connectivity index (χ4n) is 4.20. The van der Waals surface area contributed by atoms with Gasteiger partial charge in [-0.05, 0) is 26.2 Å². The molecule has 6 heteroatoms. The number of rotatable bonds is 6. The summed E-state index contributed by atoms with van der Waals surface area (Å²) in [5.74, 6) is -0.0713. The highest BCUT2D eigenvalue weighted by molar-refractivity contribution is 5.97. The zero-order valence-electron chi connectivity index (χ0n) is 14.9. The fraction of sp³-hybridized carbons (Fsp3) is 0.611. The minimum Gasteiger partial charge on any atom is -0.378 e. The number of aromatic nitrogens is 3. The fourth-order valence-corrected chi connectivity index (χ4v) is 4.20. The molecule has 1 amide bonds. The number of carbonyl (C=O) groups is 1. The van der Waals surface area contributed by atoms with E-state index < -0.39 is 0 Å². The Morgan fingerprint density at radius 1 is 1.29 bits per heavy atom. The second-order valence-corrected chi connectivity index (χ2v) is 6.49. The van der Waals surface area contributed by atoms with Gasteiger partial charge in [0.1, 0.15) is 0 Å². The highest BCUT2D eigenvalue weighted by Crippen LogP contribution is 2.51. The topological polar surface area (TPSA) is 59.7 Å². The number of ether oxygens (including phenoxy) is 1. The Balaban J connectivity index is 1.87. The molecule has 1 fully saturated rings. The molecule has 3 rings (SSSR count). The Hall–Kier alpha value is -1.95. The van der Waals surface area contributed by atoms with Crippen molar-refractivity contribution in [2.24, 2.45) is 5.41 Å². The third-order valence-electron chi connectivity index (χ3n) is 5.73. The maximum Gasteiger partial charge on any atom is 0.276 e. The van der Waals surface area contributed by atoms with Crippen LogP contribution in [-0.2, 0) is 4.74 Å². The minimum atomic E-state index is -0.0713. The number of nitrogens with zero attached hydrogens (tertiary/aromatic N) is 4. The van der Waals surface area contributed by atoms with E-state index >= 15 is 0 Å². The molecule has 0 saturated heterocycles. The Kier molecular flexibility index (Phi) is 4.58. The summed E-state index contributed by atoms with van der Waals surface area (Å²) >= 11 is 0. The molecule has 0 unspecified atom stereocenters. The van der Waals surface area contributed by atoms with E-state index in [4.69, 9.17) is 4.74 Å². The summed E-state index contributed by atoms with van der Waals surface area (Å²) in [5, 5.41) is 0. The molecule has 0 N–H and O–H groups in total. The van der Waals surface area contributed by atoms with Gasteiger partial charge >= 0.3 is 0 Å². The lowest BCUT2D eigenvalue weighted by atomic mass is 9.58. The summed E-state index contributed by atoms with van der Waals surface area (Å²) in [4.78, 5) is 23.5. The number of amides is 1. The molecule has 1 saturated carbocycles. The summed E-state index contributed by atoms with van der Waals surface area (Å²) in [5.41, 5.74) is 1.04. The van der Waals surface area contributed by atoms with Gasteiger partial charge in [0.15, 0.2) is 11.3 Å². The van der Waals surface area contributed by atoms with Crippen molar-refractivity contribution in [3.05, 3.63) is 30.5 Å². The van der Waals surface area contributed by atoms with Gasteiger partial charge in [-0.25, -0.2) is 9.97 Å². The molecule has 0 radical (unpaired) electrons. The lowest BCUT2D eigenvalue weighted by molar-refractivity contribution is -0.159. The number of hydrogen-bond donors (Lipinski definition) is 0. The number of hydrogen-bond acceptors (Lipinski definition) is 4. The Morgan fingerprint density at radius 3 is 2.58 bits per heavy atom. The first-order chi connectivity index (χ1) is 11.6. The van der Waals surface area contributed by atoms with Crippen LogP contribution in [0.5, 0.6) is 0 Å². The van der Waals surface area contributed by atoms with Crippen LogP contribution in [0.4, 0.5) is 0 Å². The molecular formula is C18H26N4O2. The van der Waals surface area contributed by atoms with Crippen LogP contribution in [0.15, 0.2) is 24.8 Å². The van der Waals surface area contributed by atoms with Crippen molar-refractivity contribution in [2.45, 2.75) is 52.2 Å². The average molecular weight is 330 g/mol. The Morgan fingerprint density at radius 2 is 1.96 bits per heavy atom. The zero-order valence-corrected chi connectivity index (χ0v) is 14.9. The van der Waals surface area contributed by atoms with Crippen LogP contribution in [0, 0.1) is 5.41 Å². The molecule has 1 aliphatic rings. The van der Waals surface area contributed by atoms with E-state index in [1.807, 2.05) is 29.5 Å². The van der Waals surface area contributed by atoms with E-state index in [2.05, 4.69) is 23.8 Å². The normalized spacial score (nSPS) is 22.3. The smallest absolute Gasteiger partial charge is 0.276 e. The summed E-state index contributed by atoms with van der Waals surface area (Å²) in [6, 6.07) is 0.175. The molecule has 0 spiro atoms. The van der Waals surface area contributed by atoms with Crippen LogP contribution in [0.25, 0.3) is 5.65 Å². The quantitative estimate of drug-likeness (QED) is 0.817. The van der Waals surface area contributed by atoms with E-state index in [0.29, 0.717) is 17.9 Å². The van der Waals surface area contributed by atoms with E-state index in [-0.39, 0.29) is 23.5 Å². The van der Waals surface area contributed by atoms with Gasteiger partial charge in [-0.1, -0.05) is 13.8 Å². The standard InChI is InChI=1S/C18H26N4O2/c1-5-18(6-2)13(12-14(18)24-7-3)21(4)17(23)15-16-20-9-11-22(16)10-8-19-15/h8-11,13-14H,5-7,12H2,1-4H3/t13-,14+/m0/s1. The molecule has 0 bridgehead atoms. The molecule has 24 heavy (non-hydrogen) atoms. The van der Waals surface area contributed by atoms with Gasteiger partial charge in [-0.15, -0.1) is 0 Å². The minimum absolute atomic E-state index is 0.0287. The maximum atomic E-state index is 13.0. The van der Waals surface area contributed by atoms with Crippen LogP contribution in [0.2, 0.25) is 0 Å². The Labute approximate surface area is 142 Å². The molecule has 130 valence electrons. The molecule has 2 atom stereocenters. The van der Waals surface area contributed by atoms with Crippen molar-refractivity contribution in [1.82, 2.24) is 19.3 Å². The first-order valence-corrected chi connectivity index (χ1v) is 8.75. The monoisotopic (exact) mass is 330 g/mol. The summed E-state index contributed by atoms with van der Waals surface area (Å²) in [6.07, 6.45) is 10.1. The predicted molar refractivity (Wildman–Crippen MR) is 91.9 cm³/mol. The van der Waals surface area contributed by atoms with Crippen molar-refractivity contribution in [2.75, 3.05) is 13.7 Å². The molecule has 1 aliphatic carbocycles. The molecule has 0 aromatic carbocycles. The molecule has 2 heterocycles. The van der Waals surface area contributed by atoms with Crippen LogP contribution in [0.3, 0.4) is 0 Å². The predicted octanol–water partition coefficient (Wildman–Crippen LogP) is 2.79. The molecule has 2 aromatic heterocycles. The molecular weight excluding hydrogens is 304 g/mol. The van der Waals surface area contributed by atoms with Crippen LogP contribution >= 0.6 is 0 Å². The van der Waals surface area contributed by atoms with Gasteiger partial charge in [0.2, 0.25) is 0 Å². The van der Waals surface area contributed by atoms with E-state index in [0.717, 1.165) is 19.3 Å². The van der Waals surface area contributed by atoms with E-state index in [9.17, 15) is 4.79 Å². The first kappa shape index (κ1) is 16.9. The van der Waals surface area contributed by atoms with Crippen molar-refractivity contribution >= 4 is 11.6 Å². The SMILES string of the molecule is CCO[C@@H]1C[C@H](N(C)C(=O)c2nccn3ccnc23)C1(CC)CC. The van der Waals surface area contributed by atoms with Crippen LogP contribution in [0.1, 0.15) is 50.5 Å². The largest absolute Gasteiger partial charge is 0.378 e. The van der Waals surface area contributed by atoms with Gasteiger partial charge in [-0.2, -0.15) is 0 Å². The van der Waals surface area contributed by atoms with Gasteiger partial charge in [0.25, 0.3) is 5.91 Å². The number of imidazole rings is 1. The second-order valence-electron chi connectivity index (χ2n) is 6.49. The van der Waals surface area contributed by atoms with Crippen molar-refractivity contribution in [3.8, 4) is 0 Å². The van der Waals surface area contributed by atoms with E-state index in [1.54, 1.807) is 18.6 Å². The summed E-state index contributed by atoms with van der Waals surface area (Å²) in [7, 11) is 1.88. The lowest BCUT2D eigenvalue weighted by Crippen LogP contribution is -2.64. The second kappa shape index (κ2) is 6.51. The van der Waals surface area contributed by atoms with Gasteiger partial charge in [0.05, 0.1) is 6.10 Å². The van der Waals surface area contributed by atoms with Gasteiger partial charge in [0, 0.05) is 49.9 Å². The highest BCUT2D eigenvalue weighted by atomic mass is 16.5. The van der Waals surface area contributed by atoms with Crippen molar-refractivity contribution in [1.29, 1.82) is 0 Å². The van der Waals surface area contributed by atoms with Crippen LogP contribution < -0.4 is 0 Å². The van der Waals surface area contributed by atoms with Crippen molar-refractivity contribution in [3.63, 3.8) is 0 Å². The first-order valence-electron chi connectivity index (χ1n) is 8.75. The van der Waals surface area contributed by atoms with Crippen LogP contribution in [-0.4, -0.2) is 51.0 Å². The third kappa shape index (κ3) is 2.40. The molecule has 6 nitrogen and oxygen atoms in total. The highest BCUT2D eigenvalue weighted by Gasteiger charge is 2.56. The third-order valence-corrected chi connectivity index (χ3v) is 5.73. The average Bonchev–Trinajstić information content (AvgIpc) is 3.07. The van der Waals surface area contributed by atoms with E-state index in [1.165, 1.54) is 0 Å². The molecule has 2 aromatic rings. The maximum absolute atomic E-state index is 13.0. The lowest BCUT2D eigenvalue weighted by Gasteiger charge is -2.58. The number of fused-ring (bicyclic) bond motifs is 1. The number of carbonyl (C=O) groups excluding carboxylic acids is 1. The summed E-state index contributed by atoms with van der Waals surface area (Å²) in [6.45, 7) is 7.12. The van der Waals surface area contributed by atoms with Gasteiger partial charge < -0.3 is 14.0 Å². The zero-order chi connectivity index (χ0) is 17.3. The van der Waals surface area contributed by atoms with Gasteiger partial charge in [-0.3, -0.25) is 4.79 Å². The summed E-state index contributed by atoms with van der Waals surface area (Å²) < 4.78 is 7.75. The van der Waals surface area contributed by atoms with Crippen molar-refractivity contribution < 1.29 is 9.53 Å².